The molecule has 4 rings (SSSR count). The standard InChI is InChI=1S/C25H28N2O6/c1-25(23(29)30)13-16(32-2)14-27(25)22(28)11-12-26-24(31)33-15-21-19-9-5-3-7-17(19)18-8-4-6-10-20(18)21/h3-10,16,21H,11-15H2,1-2H3,(H,26,31)(H,29,30). The third-order valence-corrected chi connectivity index (χ3v) is 6.65. The molecule has 2 aromatic rings. The average molecular weight is 453 g/mol. The monoisotopic (exact) mass is 452 g/mol. The highest BCUT2D eigenvalue weighted by molar-refractivity contribution is 5.88. The van der Waals surface area contributed by atoms with Crippen molar-refractivity contribution in [2.24, 2.45) is 0 Å². The van der Waals surface area contributed by atoms with Gasteiger partial charge in [-0.15, -0.1) is 0 Å². The van der Waals surface area contributed by atoms with Crippen molar-refractivity contribution in [3.63, 3.8) is 0 Å². The maximum Gasteiger partial charge on any atom is 0.407 e. The molecule has 0 spiro atoms. The molecular formula is C25H28N2O6. The van der Waals surface area contributed by atoms with E-state index in [1.165, 1.54) is 18.9 Å². The van der Waals surface area contributed by atoms with Crippen LogP contribution in [0.25, 0.3) is 11.1 Å². The highest BCUT2D eigenvalue weighted by atomic mass is 16.5. The number of carbonyl (C=O) groups excluding carboxylic acids is 2. The third kappa shape index (κ3) is 4.30. The molecule has 0 bridgehead atoms. The van der Waals surface area contributed by atoms with Gasteiger partial charge in [0.2, 0.25) is 5.91 Å². The van der Waals surface area contributed by atoms with Crippen LogP contribution in [0.5, 0.6) is 0 Å². The average Bonchev–Trinajstić information content (AvgIpc) is 3.33. The van der Waals surface area contributed by atoms with Gasteiger partial charge in [0, 0.05) is 39.0 Å². The normalized spacial score (nSPS) is 21.4. The summed E-state index contributed by atoms with van der Waals surface area (Å²) in [5.41, 5.74) is 3.22. The first kappa shape index (κ1) is 22.8. The summed E-state index contributed by atoms with van der Waals surface area (Å²) in [6.45, 7) is 1.97. The molecule has 2 aromatic carbocycles. The van der Waals surface area contributed by atoms with Crippen LogP contribution < -0.4 is 5.32 Å². The Morgan fingerprint density at radius 1 is 1.09 bits per heavy atom. The molecule has 1 aliphatic heterocycles. The van der Waals surface area contributed by atoms with Crippen LogP contribution in [0.1, 0.15) is 36.8 Å². The van der Waals surface area contributed by atoms with Crippen molar-refractivity contribution < 1.29 is 29.0 Å². The molecule has 2 atom stereocenters. The molecule has 1 fully saturated rings. The fourth-order valence-electron chi connectivity index (χ4n) is 4.82. The molecule has 2 N–H and O–H groups in total. The van der Waals surface area contributed by atoms with Crippen LogP contribution in [-0.2, 0) is 19.1 Å². The van der Waals surface area contributed by atoms with Crippen molar-refractivity contribution in [2.75, 3.05) is 26.8 Å². The van der Waals surface area contributed by atoms with E-state index >= 15 is 0 Å². The third-order valence-electron chi connectivity index (χ3n) is 6.65. The van der Waals surface area contributed by atoms with Gasteiger partial charge < -0.3 is 24.8 Å². The van der Waals surface area contributed by atoms with Crippen molar-refractivity contribution in [1.29, 1.82) is 0 Å². The minimum Gasteiger partial charge on any atom is -0.480 e. The molecule has 1 saturated heterocycles. The summed E-state index contributed by atoms with van der Waals surface area (Å²) in [6.07, 6.45) is -0.736. The van der Waals surface area contributed by atoms with E-state index in [-0.39, 0.29) is 50.5 Å². The van der Waals surface area contributed by atoms with Gasteiger partial charge in [0.15, 0.2) is 0 Å². The van der Waals surface area contributed by atoms with Crippen LogP contribution in [0.15, 0.2) is 48.5 Å². The summed E-state index contributed by atoms with van der Waals surface area (Å²) in [7, 11) is 1.50. The van der Waals surface area contributed by atoms with E-state index in [0.717, 1.165) is 22.3 Å². The summed E-state index contributed by atoms with van der Waals surface area (Å²) >= 11 is 0. The second-order valence-corrected chi connectivity index (χ2v) is 8.65. The lowest BCUT2D eigenvalue weighted by atomic mass is 9.98. The zero-order chi connectivity index (χ0) is 23.6. The molecular weight excluding hydrogens is 424 g/mol. The number of carboxylic acids is 1. The van der Waals surface area contributed by atoms with Gasteiger partial charge in [-0.2, -0.15) is 0 Å². The number of carbonyl (C=O) groups is 3. The molecule has 2 amide bonds. The smallest absolute Gasteiger partial charge is 0.407 e. The highest BCUT2D eigenvalue weighted by Gasteiger charge is 2.50. The fraction of sp³-hybridized carbons (Fsp3) is 0.400. The Balaban J connectivity index is 1.30. The molecule has 0 aromatic heterocycles. The van der Waals surface area contributed by atoms with Crippen LogP contribution in [0.3, 0.4) is 0 Å². The highest BCUT2D eigenvalue weighted by Crippen LogP contribution is 2.44. The Morgan fingerprint density at radius 2 is 1.70 bits per heavy atom. The van der Waals surface area contributed by atoms with Gasteiger partial charge >= 0.3 is 12.1 Å². The number of nitrogens with zero attached hydrogens (tertiary/aromatic N) is 1. The minimum atomic E-state index is -1.32. The fourth-order valence-corrected chi connectivity index (χ4v) is 4.82. The summed E-state index contributed by atoms with van der Waals surface area (Å²) in [5, 5.41) is 12.2. The Bertz CT molecular complexity index is 1020. The Hall–Kier alpha value is -3.39. The Labute approximate surface area is 192 Å². The quantitative estimate of drug-likeness (QED) is 0.669. The maximum atomic E-state index is 12.7. The molecule has 2 aliphatic rings. The number of rotatable bonds is 7. The molecule has 0 saturated carbocycles. The number of ether oxygens (including phenoxy) is 2. The summed E-state index contributed by atoms with van der Waals surface area (Å²) in [6, 6.07) is 16.2. The van der Waals surface area contributed by atoms with Crippen LogP contribution >= 0.6 is 0 Å². The number of hydrogen-bond acceptors (Lipinski definition) is 5. The predicted octanol–water partition coefficient (Wildman–Crippen LogP) is 3.01. The SMILES string of the molecule is COC1CN(C(=O)CCNC(=O)OCC2c3ccccc3-c3ccccc32)C(C)(C(=O)O)C1. The van der Waals surface area contributed by atoms with Crippen molar-refractivity contribution in [1.82, 2.24) is 10.2 Å². The Morgan fingerprint density at radius 3 is 2.27 bits per heavy atom. The molecule has 1 heterocycles. The van der Waals surface area contributed by atoms with Crippen LogP contribution in [0.4, 0.5) is 4.79 Å². The lowest BCUT2D eigenvalue weighted by molar-refractivity contribution is -0.155. The topological polar surface area (TPSA) is 105 Å². The molecule has 2 unspecified atom stereocenters. The Kier molecular flexibility index (Phi) is 6.37. The molecule has 0 radical (unpaired) electrons. The number of likely N-dealkylation sites (tertiary alicyclic amines) is 1. The van der Waals surface area contributed by atoms with Gasteiger partial charge in [0.05, 0.1) is 6.10 Å². The van der Waals surface area contributed by atoms with Crippen molar-refractivity contribution in [3.8, 4) is 11.1 Å². The second-order valence-electron chi connectivity index (χ2n) is 8.65. The van der Waals surface area contributed by atoms with Crippen LogP contribution in [0, 0.1) is 0 Å². The number of amides is 2. The number of nitrogens with one attached hydrogen (secondary N) is 1. The summed E-state index contributed by atoms with van der Waals surface area (Å²) in [4.78, 5) is 38.0. The van der Waals surface area contributed by atoms with Gasteiger partial charge in [-0.25, -0.2) is 9.59 Å². The molecule has 8 heteroatoms. The van der Waals surface area contributed by atoms with Crippen molar-refractivity contribution in [3.05, 3.63) is 59.7 Å². The van der Waals surface area contributed by atoms with Gasteiger partial charge in [-0.3, -0.25) is 4.79 Å². The first-order chi connectivity index (χ1) is 15.8. The predicted molar refractivity (Wildman–Crippen MR) is 121 cm³/mol. The van der Waals surface area contributed by atoms with E-state index in [1.807, 2.05) is 36.4 Å². The number of fused-ring (bicyclic) bond motifs is 3. The van der Waals surface area contributed by atoms with Gasteiger partial charge in [0.1, 0.15) is 12.1 Å². The van der Waals surface area contributed by atoms with E-state index in [4.69, 9.17) is 9.47 Å². The first-order valence-corrected chi connectivity index (χ1v) is 11.0. The summed E-state index contributed by atoms with van der Waals surface area (Å²) < 4.78 is 10.7. The zero-order valence-corrected chi connectivity index (χ0v) is 18.7. The van der Waals surface area contributed by atoms with E-state index in [9.17, 15) is 19.5 Å². The number of hydrogen-bond donors (Lipinski definition) is 2. The van der Waals surface area contributed by atoms with Crippen molar-refractivity contribution in [2.45, 2.75) is 37.3 Å². The molecule has 8 nitrogen and oxygen atoms in total. The molecule has 33 heavy (non-hydrogen) atoms. The van der Waals surface area contributed by atoms with Gasteiger partial charge in [-0.05, 0) is 29.2 Å². The number of aliphatic carboxylic acids is 1. The summed E-state index contributed by atoms with van der Waals surface area (Å²) in [5.74, 6) is -1.46. The van der Waals surface area contributed by atoms with Crippen molar-refractivity contribution >= 4 is 18.0 Å². The number of carboxylic acid groups (broad SMARTS) is 1. The van der Waals surface area contributed by atoms with Crippen LogP contribution in [-0.4, -0.2) is 66.4 Å². The zero-order valence-electron chi connectivity index (χ0n) is 18.7. The molecule has 174 valence electrons. The molecule has 1 aliphatic carbocycles. The minimum absolute atomic E-state index is 0.0243. The van der Waals surface area contributed by atoms with Gasteiger partial charge in [-0.1, -0.05) is 48.5 Å². The van der Waals surface area contributed by atoms with Gasteiger partial charge in [0.25, 0.3) is 0 Å². The van der Waals surface area contributed by atoms with E-state index in [0.29, 0.717) is 0 Å². The second kappa shape index (κ2) is 9.23. The lowest BCUT2D eigenvalue weighted by Crippen LogP contribution is -2.51. The van der Waals surface area contributed by atoms with E-state index < -0.39 is 17.6 Å². The van der Waals surface area contributed by atoms with E-state index in [2.05, 4.69) is 17.4 Å². The largest absolute Gasteiger partial charge is 0.480 e. The number of benzene rings is 2. The number of alkyl carbamates (subject to hydrolysis) is 1. The first-order valence-electron chi connectivity index (χ1n) is 11.0. The van der Waals surface area contributed by atoms with E-state index in [1.54, 1.807) is 0 Å². The lowest BCUT2D eigenvalue weighted by Gasteiger charge is -2.30. The maximum absolute atomic E-state index is 12.7. The number of methoxy groups -OCH3 is 1. The van der Waals surface area contributed by atoms with Crippen LogP contribution in [0.2, 0.25) is 0 Å².